The first-order chi connectivity index (χ1) is 6.52. The molecule has 1 aromatic rings. The summed E-state index contributed by atoms with van der Waals surface area (Å²) < 4.78 is 0.881. The molecule has 0 spiro atoms. The van der Waals surface area contributed by atoms with E-state index in [1.165, 1.54) is 12.0 Å². The van der Waals surface area contributed by atoms with Crippen LogP contribution in [0, 0.1) is 5.41 Å². The van der Waals surface area contributed by atoms with Gasteiger partial charge in [-0.15, -0.1) is 0 Å². The molecule has 1 aromatic heterocycles. The smallest absolute Gasteiger partial charge is 0.106 e. The third-order valence-electron chi connectivity index (χ3n) is 3.54. The zero-order valence-corrected chi connectivity index (χ0v) is 10.1. The van der Waals surface area contributed by atoms with E-state index in [0.29, 0.717) is 12.0 Å². The lowest BCUT2D eigenvalue weighted by molar-refractivity contribution is 0.501. The minimum absolute atomic E-state index is 0.167. The van der Waals surface area contributed by atoms with E-state index in [0.717, 1.165) is 4.60 Å². The van der Waals surface area contributed by atoms with Gasteiger partial charge in [0.1, 0.15) is 4.60 Å². The first-order valence-electron chi connectivity index (χ1n) is 4.84. The Balaban J connectivity index is 2.36. The van der Waals surface area contributed by atoms with Crippen LogP contribution in [0.3, 0.4) is 0 Å². The van der Waals surface area contributed by atoms with E-state index in [1.807, 2.05) is 12.3 Å². The molecule has 1 saturated carbocycles. The highest BCUT2D eigenvalue weighted by molar-refractivity contribution is 9.10. The molecule has 76 valence electrons. The second-order valence-electron chi connectivity index (χ2n) is 4.72. The summed E-state index contributed by atoms with van der Waals surface area (Å²) in [5, 5.41) is 0. The standard InChI is InChI=1S/C11H15BrN2/c1-10(2)6-11(10,7-13)8-3-4-9(12)14-5-8/h3-5H,6-7,13H2,1-2H3. The van der Waals surface area contributed by atoms with Crippen molar-refractivity contribution in [2.45, 2.75) is 25.7 Å². The molecule has 0 saturated heterocycles. The molecule has 2 N–H and O–H groups in total. The van der Waals surface area contributed by atoms with E-state index >= 15 is 0 Å². The largest absolute Gasteiger partial charge is 0.330 e. The second-order valence-corrected chi connectivity index (χ2v) is 5.53. The van der Waals surface area contributed by atoms with E-state index in [1.54, 1.807) is 0 Å². The van der Waals surface area contributed by atoms with Crippen molar-refractivity contribution < 1.29 is 0 Å². The van der Waals surface area contributed by atoms with Gasteiger partial charge in [0, 0.05) is 18.2 Å². The predicted octanol–water partition coefficient (Wildman–Crippen LogP) is 2.47. The molecule has 0 radical (unpaired) electrons. The quantitative estimate of drug-likeness (QED) is 0.824. The Morgan fingerprint density at radius 1 is 1.50 bits per heavy atom. The molecule has 2 nitrogen and oxygen atoms in total. The van der Waals surface area contributed by atoms with Gasteiger partial charge in [0.15, 0.2) is 0 Å². The molecule has 2 rings (SSSR count). The Morgan fingerprint density at radius 2 is 2.14 bits per heavy atom. The van der Waals surface area contributed by atoms with E-state index in [2.05, 4.69) is 40.8 Å². The lowest BCUT2D eigenvalue weighted by Crippen LogP contribution is -2.25. The summed E-state index contributed by atoms with van der Waals surface area (Å²) in [6, 6.07) is 4.11. The number of aromatic nitrogens is 1. The third-order valence-corrected chi connectivity index (χ3v) is 4.01. The number of nitrogens with zero attached hydrogens (tertiary/aromatic N) is 1. The summed E-state index contributed by atoms with van der Waals surface area (Å²) in [5.74, 6) is 0. The maximum atomic E-state index is 5.87. The molecular weight excluding hydrogens is 240 g/mol. The topological polar surface area (TPSA) is 38.9 Å². The van der Waals surface area contributed by atoms with Crippen molar-refractivity contribution >= 4 is 15.9 Å². The lowest BCUT2D eigenvalue weighted by atomic mass is 9.89. The van der Waals surface area contributed by atoms with E-state index in [9.17, 15) is 0 Å². The SMILES string of the molecule is CC1(C)CC1(CN)c1ccc(Br)nc1. The van der Waals surface area contributed by atoms with E-state index in [-0.39, 0.29) is 5.41 Å². The van der Waals surface area contributed by atoms with Crippen LogP contribution in [0.2, 0.25) is 0 Å². The number of pyridine rings is 1. The van der Waals surface area contributed by atoms with Crippen molar-refractivity contribution in [2.75, 3.05) is 6.54 Å². The van der Waals surface area contributed by atoms with Crippen LogP contribution in [-0.4, -0.2) is 11.5 Å². The zero-order valence-electron chi connectivity index (χ0n) is 8.55. The third kappa shape index (κ3) is 1.30. The highest BCUT2D eigenvalue weighted by Gasteiger charge is 2.61. The monoisotopic (exact) mass is 254 g/mol. The Hall–Kier alpha value is -0.410. The first-order valence-corrected chi connectivity index (χ1v) is 5.63. The van der Waals surface area contributed by atoms with Crippen LogP contribution in [-0.2, 0) is 5.41 Å². The van der Waals surface area contributed by atoms with Crippen LogP contribution >= 0.6 is 15.9 Å². The molecule has 1 fully saturated rings. The molecule has 0 aliphatic heterocycles. The fraction of sp³-hybridized carbons (Fsp3) is 0.545. The summed E-state index contributed by atoms with van der Waals surface area (Å²) in [4.78, 5) is 4.26. The molecular formula is C11H15BrN2. The summed E-state index contributed by atoms with van der Waals surface area (Å²) in [5.41, 5.74) is 7.64. The van der Waals surface area contributed by atoms with Crippen molar-refractivity contribution in [3.05, 3.63) is 28.5 Å². The average Bonchev–Trinajstić information content (AvgIpc) is 2.71. The van der Waals surface area contributed by atoms with Gasteiger partial charge in [-0.25, -0.2) is 4.98 Å². The lowest BCUT2D eigenvalue weighted by Gasteiger charge is -2.18. The van der Waals surface area contributed by atoms with E-state index < -0.39 is 0 Å². The van der Waals surface area contributed by atoms with Gasteiger partial charge < -0.3 is 5.73 Å². The van der Waals surface area contributed by atoms with Gasteiger partial charge >= 0.3 is 0 Å². The summed E-state index contributed by atoms with van der Waals surface area (Å²) in [6.45, 7) is 5.24. The van der Waals surface area contributed by atoms with Crippen molar-refractivity contribution in [1.29, 1.82) is 0 Å². The van der Waals surface area contributed by atoms with Crippen molar-refractivity contribution in [3.8, 4) is 0 Å². The Bertz CT molecular complexity index is 345. The minimum Gasteiger partial charge on any atom is -0.330 e. The number of hydrogen-bond donors (Lipinski definition) is 1. The van der Waals surface area contributed by atoms with Crippen LogP contribution in [0.4, 0.5) is 0 Å². The maximum absolute atomic E-state index is 5.87. The molecule has 0 bridgehead atoms. The Kier molecular flexibility index (Phi) is 2.20. The van der Waals surface area contributed by atoms with Crippen LogP contribution in [0.5, 0.6) is 0 Å². The van der Waals surface area contributed by atoms with Crippen molar-refractivity contribution in [1.82, 2.24) is 4.98 Å². The minimum atomic E-state index is 0.167. The number of hydrogen-bond acceptors (Lipinski definition) is 2. The molecule has 14 heavy (non-hydrogen) atoms. The molecule has 0 amide bonds. The molecule has 1 heterocycles. The molecule has 1 unspecified atom stereocenters. The normalized spacial score (nSPS) is 28.9. The maximum Gasteiger partial charge on any atom is 0.106 e. The summed E-state index contributed by atoms with van der Waals surface area (Å²) in [7, 11) is 0. The van der Waals surface area contributed by atoms with Crippen LogP contribution in [0.15, 0.2) is 22.9 Å². The summed E-state index contributed by atoms with van der Waals surface area (Å²) in [6.07, 6.45) is 3.10. The fourth-order valence-corrected chi connectivity index (χ4v) is 2.56. The zero-order chi connectivity index (χ0) is 10.4. The van der Waals surface area contributed by atoms with Gasteiger partial charge in [0.2, 0.25) is 0 Å². The van der Waals surface area contributed by atoms with Gasteiger partial charge in [-0.3, -0.25) is 0 Å². The van der Waals surface area contributed by atoms with Gasteiger partial charge in [-0.05, 0) is 39.4 Å². The van der Waals surface area contributed by atoms with Crippen molar-refractivity contribution in [2.24, 2.45) is 11.1 Å². The number of rotatable bonds is 2. The van der Waals surface area contributed by atoms with Crippen molar-refractivity contribution in [3.63, 3.8) is 0 Å². The highest BCUT2D eigenvalue weighted by Crippen LogP contribution is 2.63. The van der Waals surface area contributed by atoms with Crippen LogP contribution in [0.25, 0.3) is 0 Å². The Morgan fingerprint density at radius 3 is 2.50 bits per heavy atom. The predicted molar refractivity (Wildman–Crippen MR) is 61.1 cm³/mol. The molecule has 0 aromatic carbocycles. The van der Waals surface area contributed by atoms with Crippen LogP contribution < -0.4 is 5.73 Å². The van der Waals surface area contributed by atoms with Gasteiger partial charge in [0.25, 0.3) is 0 Å². The number of halogens is 1. The molecule has 1 aliphatic carbocycles. The molecule has 3 heteroatoms. The fourth-order valence-electron chi connectivity index (χ4n) is 2.33. The first kappa shape index (κ1) is 10.1. The molecule has 1 aliphatic rings. The van der Waals surface area contributed by atoms with Gasteiger partial charge in [-0.1, -0.05) is 19.9 Å². The second kappa shape index (κ2) is 3.04. The average molecular weight is 255 g/mol. The number of nitrogens with two attached hydrogens (primary N) is 1. The Labute approximate surface area is 93.0 Å². The van der Waals surface area contributed by atoms with Crippen LogP contribution in [0.1, 0.15) is 25.8 Å². The molecule has 1 atom stereocenters. The van der Waals surface area contributed by atoms with E-state index in [4.69, 9.17) is 5.73 Å². The van der Waals surface area contributed by atoms with Gasteiger partial charge in [0.05, 0.1) is 0 Å². The van der Waals surface area contributed by atoms with Gasteiger partial charge in [-0.2, -0.15) is 0 Å². The summed E-state index contributed by atoms with van der Waals surface area (Å²) >= 11 is 3.34. The highest BCUT2D eigenvalue weighted by atomic mass is 79.9.